The number of nitrogens with zero attached hydrogens (tertiary/aromatic N) is 1. The third-order valence-corrected chi connectivity index (χ3v) is 1.78. The summed E-state index contributed by atoms with van der Waals surface area (Å²) >= 11 is 0. The lowest BCUT2D eigenvalue weighted by Crippen LogP contribution is -2.33. The Morgan fingerprint density at radius 2 is 1.32 bits per heavy atom. The zero-order valence-electron chi connectivity index (χ0n) is 10.2. The largest absolute Gasteiger partial charge is 0.520 e. The van der Waals surface area contributed by atoms with E-state index < -0.39 is 23.5 Å². The molecule has 0 spiro atoms. The molecule has 0 fully saturated rings. The van der Waals surface area contributed by atoms with Crippen molar-refractivity contribution in [2.24, 2.45) is 0 Å². The third-order valence-electron chi connectivity index (χ3n) is 1.78. The zero-order valence-corrected chi connectivity index (χ0v) is 10.2. The molecule has 0 radical (unpaired) electrons. The van der Waals surface area contributed by atoms with E-state index in [0.717, 1.165) is 6.92 Å². The van der Waals surface area contributed by atoms with E-state index in [1.165, 1.54) is 13.0 Å². The van der Waals surface area contributed by atoms with Gasteiger partial charge in [-0.2, -0.15) is 5.26 Å². The number of nitriles is 1. The van der Waals surface area contributed by atoms with Gasteiger partial charge in [-0.05, 0) is 24.7 Å². The number of terminal acetylenes is 3. The zero-order chi connectivity index (χ0) is 15.1. The van der Waals surface area contributed by atoms with Crippen LogP contribution < -0.4 is 0 Å². The van der Waals surface area contributed by atoms with Crippen molar-refractivity contribution in [2.45, 2.75) is 25.0 Å². The first-order valence-corrected chi connectivity index (χ1v) is 4.72. The van der Waals surface area contributed by atoms with E-state index in [-0.39, 0.29) is 0 Å². The van der Waals surface area contributed by atoms with Gasteiger partial charge < -0.3 is 14.2 Å². The lowest BCUT2D eigenvalue weighted by molar-refractivity contribution is 0.00192. The van der Waals surface area contributed by atoms with Gasteiger partial charge in [-0.15, -0.1) is 19.3 Å². The van der Waals surface area contributed by atoms with Crippen molar-refractivity contribution in [3.8, 4) is 43.1 Å². The maximum Gasteiger partial charge on any atom is 0.520 e. The first-order valence-electron chi connectivity index (χ1n) is 4.72. The molecular formula is C13H9NO5. The van der Waals surface area contributed by atoms with Gasteiger partial charge in [-0.1, -0.05) is 0 Å². The highest BCUT2D eigenvalue weighted by atomic mass is 16.8. The fourth-order valence-electron chi connectivity index (χ4n) is 0.628. The number of rotatable bonds is 2. The standard InChI is InChI=1S/C13H9NO5/c1-6-12(4,7-2)18-10(15)17-11(16)19-13(5,8-3)9-14/h1-3H,4-5H3. The van der Waals surface area contributed by atoms with Gasteiger partial charge in [0.15, 0.2) is 0 Å². The Balaban J connectivity index is 4.60. The van der Waals surface area contributed by atoms with E-state index in [0.29, 0.717) is 0 Å². The van der Waals surface area contributed by atoms with Crippen molar-refractivity contribution >= 4 is 12.3 Å². The Labute approximate surface area is 110 Å². The maximum absolute atomic E-state index is 11.2. The van der Waals surface area contributed by atoms with Crippen molar-refractivity contribution in [2.75, 3.05) is 0 Å². The average molecular weight is 259 g/mol. The molecule has 0 amide bonds. The van der Waals surface area contributed by atoms with E-state index in [2.05, 4.69) is 14.2 Å². The minimum Gasteiger partial charge on any atom is -0.403 e. The summed E-state index contributed by atoms with van der Waals surface area (Å²) in [7, 11) is 0. The predicted octanol–water partition coefficient (Wildman–Crippen LogP) is 1.22. The Hall–Kier alpha value is -3.09. The second-order valence-corrected chi connectivity index (χ2v) is 3.42. The summed E-state index contributed by atoms with van der Waals surface area (Å²) < 4.78 is 13.0. The highest BCUT2D eigenvalue weighted by Crippen LogP contribution is 2.11. The molecule has 0 N–H and O–H groups in total. The number of hydrogen-bond donors (Lipinski definition) is 0. The van der Waals surface area contributed by atoms with Gasteiger partial charge in [0.25, 0.3) is 5.60 Å². The molecule has 6 heteroatoms. The highest BCUT2D eigenvalue weighted by Gasteiger charge is 2.31. The molecule has 0 heterocycles. The van der Waals surface area contributed by atoms with Crippen molar-refractivity contribution < 1.29 is 23.8 Å². The Kier molecular flexibility index (Phi) is 5.03. The molecular weight excluding hydrogens is 250 g/mol. The predicted molar refractivity (Wildman–Crippen MR) is 63.0 cm³/mol. The summed E-state index contributed by atoms with van der Waals surface area (Å²) in [5, 5.41) is 8.64. The van der Waals surface area contributed by atoms with Crippen LogP contribution in [0.3, 0.4) is 0 Å². The molecule has 0 aliphatic rings. The van der Waals surface area contributed by atoms with Crippen LogP contribution in [-0.4, -0.2) is 23.5 Å². The van der Waals surface area contributed by atoms with E-state index in [9.17, 15) is 9.59 Å². The SMILES string of the molecule is C#CC(C)(C#C)OC(=O)OC(=O)OC(C)(C#C)C#N. The van der Waals surface area contributed by atoms with Crippen LogP contribution in [0.4, 0.5) is 9.59 Å². The summed E-state index contributed by atoms with van der Waals surface area (Å²) in [6, 6.07) is 1.53. The molecule has 1 atom stereocenters. The van der Waals surface area contributed by atoms with Gasteiger partial charge in [-0.25, -0.2) is 9.59 Å². The second kappa shape index (κ2) is 6.01. The number of ether oxygens (including phenoxy) is 3. The van der Waals surface area contributed by atoms with E-state index in [1.54, 1.807) is 0 Å². The Bertz CT molecular complexity index is 472. The maximum atomic E-state index is 11.2. The summed E-state index contributed by atoms with van der Waals surface area (Å²) in [5.74, 6) is 5.92. The first-order chi connectivity index (χ1) is 8.74. The average Bonchev–Trinajstić information content (AvgIpc) is 2.37. The molecule has 0 aliphatic carbocycles. The second-order valence-electron chi connectivity index (χ2n) is 3.42. The highest BCUT2D eigenvalue weighted by molar-refractivity contribution is 5.78. The molecule has 0 bridgehead atoms. The lowest BCUT2D eigenvalue weighted by atomic mass is 10.1. The van der Waals surface area contributed by atoms with Gasteiger partial charge in [0.2, 0.25) is 5.60 Å². The topological polar surface area (TPSA) is 85.6 Å². The van der Waals surface area contributed by atoms with Gasteiger partial charge in [0.1, 0.15) is 6.07 Å². The van der Waals surface area contributed by atoms with Crippen molar-refractivity contribution in [3.05, 3.63) is 0 Å². The fraction of sp³-hybridized carbons (Fsp3) is 0.308. The van der Waals surface area contributed by atoms with Crippen LogP contribution in [0, 0.1) is 48.4 Å². The van der Waals surface area contributed by atoms with Gasteiger partial charge >= 0.3 is 12.3 Å². The van der Waals surface area contributed by atoms with Crippen LogP contribution in [0.15, 0.2) is 0 Å². The summed E-state index contributed by atoms with van der Waals surface area (Å²) in [4.78, 5) is 22.3. The molecule has 1 unspecified atom stereocenters. The van der Waals surface area contributed by atoms with Crippen molar-refractivity contribution in [1.82, 2.24) is 0 Å². The van der Waals surface area contributed by atoms with Crippen LogP contribution >= 0.6 is 0 Å². The quantitative estimate of drug-likeness (QED) is 0.421. The van der Waals surface area contributed by atoms with Gasteiger partial charge in [0, 0.05) is 6.92 Å². The van der Waals surface area contributed by atoms with Crippen LogP contribution in [0.5, 0.6) is 0 Å². The van der Waals surface area contributed by atoms with Gasteiger partial charge in [0.05, 0.1) is 0 Å². The molecule has 0 saturated carbocycles. The Morgan fingerprint density at radius 3 is 1.63 bits per heavy atom. The Morgan fingerprint density at radius 1 is 0.947 bits per heavy atom. The first kappa shape index (κ1) is 15.9. The summed E-state index contributed by atoms with van der Waals surface area (Å²) in [6.45, 7) is 2.37. The summed E-state index contributed by atoms with van der Waals surface area (Å²) in [5.41, 5.74) is -3.53. The molecule has 0 aliphatic heterocycles. The molecule has 0 rings (SSSR count). The van der Waals surface area contributed by atoms with E-state index in [1.807, 2.05) is 17.8 Å². The lowest BCUT2D eigenvalue weighted by Gasteiger charge is -2.17. The van der Waals surface area contributed by atoms with E-state index in [4.69, 9.17) is 24.5 Å². The molecule has 0 aromatic rings. The van der Waals surface area contributed by atoms with Crippen LogP contribution in [0.2, 0.25) is 0 Å². The molecule has 0 aromatic carbocycles. The normalized spacial score (nSPS) is 12.3. The van der Waals surface area contributed by atoms with Crippen LogP contribution in [0.25, 0.3) is 0 Å². The molecule has 96 valence electrons. The van der Waals surface area contributed by atoms with Gasteiger partial charge in [-0.3, -0.25) is 0 Å². The minimum absolute atomic E-state index is 1.13. The molecule has 19 heavy (non-hydrogen) atoms. The number of hydrogen-bond acceptors (Lipinski definition) is 6. The molecule has 0 saturated heterocycles. The fourth-order valence-corrected chi connectivity index (χ4v) is 0.628. The monoisotopic (exact) mass is 259 g/mol. The third kappa shape index (κ3) is 4.73. The molecule has 0 aromatic heterocycles. The van der Waals surface area contributed by atoms with E-state index >= 15 is 0 Å². The van der Waals surface area contributed by atoms with Crippen molar-refractivity contribution in [1.29, 1.82) is 5.26 Å². The minimum atomic E-state index is -1.86. The number of carbonyl (C=O) groups excluding carboxylic acids is 2. The summed E-state index contributed by atoms with van der Waals surface area (Å²) in [6.07, 6.45) is 12.0. The van der Waals surface area contributed by atoms with Crippen molar-refractivity contribution in [3.63, 3.8) is 0 Å². The molecule has 6 nitrogen and oxygen atoms in total. The smallest absolute Gasteiger partial charge is 0.403 e. The van der Waals surface area contributed by atoms with Crippen LogP contribution in [0.1, 0.15) is 13.8 Å². The number of carbonyl (C=O) groups is 2. The van der Waals surface area contributed by atoms with Crippen LogP contribution in [-0.2, 0) is 14.2 Å².